The highest BCUT2D eigenvalue weighted by molar-refractivity contribution is 6.31. The number of nitrogens with one attached hydrogen (secondary N) is 1. The Morgan fingerprint density at radius 3 is 2.68 bits per heavy atom. The lowest BCUT2D eigenvalue weighted by Gasteiger charge is -2.33. The lowest BCUT2D eigenvalue weighted by atomic mass is 9.97. The van der Waals surface area contributed by atoms with E-state index in [4.69, 9.17) is 26.3 Å². The minimum absolute atomic E-state index is 0.0365. The molecule has 0 aliphatic carbocycles. The van der Waals surface area contributed by atoms with Crippen molar-refractivity contribution in [2.75, 3.05) is 24.6 Å². The minimum Gasteiger partial charge on any atom is -0.475 e. The van der Waals surface area contributed by atoms with Gasteiger partial charge in [-0.3, -0.25) is 4.79 Å². The van der Waals surface area contributed by atoms with E-state index in [1.165, 1.54) is 0 Å². The zero-order valence-corrected chi connectivity index (χ0v) is 18.4. The zero-order valence-electron chi connectivity index (χ0n) is 17.7. The van der Waals surface area contributed by atoms with Crippen LogP contribution in [0, 0.1) is 5.92 Å². The Hall–Kier alpha value is -2.86. The van der Waals surface area contributed by atoms with Gasteiger partial charge in [-0.1, -0.05) is 48.9 Å². The van der Waals surface area contributed by atoms with Crippen LogP contribution in [0.2, 0.25) is 5.02 Å². The van der Waals surface area contributed by atoms with Crippen LogP contribution in [-0.4, -0.2) is 35.6 Å². The summed E-state index contributed by atoms with van der Waals surface area (Å²) in [6.07, 6.45) is 2.64. The van der Waals surface area contributed by atoms with Crippen molar-refractivity contribution in [3.8, 4) is 5.88 Å². The van der Waals surface area contributed by atoms with Gasteiger partial charge in [-0.25, -0.2) is 9.97 Å². The number of aromatic nitrogens is 2. The molecule has 1 amide bonds. The molecule has 4 rings (SSSR count). The van der Waals surface area contributed by atoms with Crippen LogP contribution in [0.5, 0.6) is 5.88 Å². The first-order valence-corrected chi connectivity index (χ1v) is 11.2. The van der Waals surface area contributed by atoms with Gasteiger partial charge >= 0.3 is 0 Å². The lowest BCUT2D eigenvalue weighted by Crippen LogP contribution is -2.43. The largest absolute Gasteiger partial charge is 0.475 e. The number of fused-ring (bicyclic) bond motifs is 1. The molecule has 31 heavy (non-hydrogen) atoms. The number of rotatable bonds is 7. The van der Waals surface area contributed by atoms with Gasteiger partial charge in [0.25, 0.3) is 5.88 Å². The van der Waals surface area contributed by atoms with E-state index in [9.17, 15) is 4.79 Å². The Morgan fingerprint density at radius 2 is 1.90 bits per heavy atom. The number of para-hydroxylation sites is 2. The normalized spacial score (nSPS) is 16.3. The number of carbonyl (C=O) groups excluding carboxylic acids is 1. The predicted octanol–water partition coefficient (Wildman–Crippen LogP) is 4.60. The van der Waals surface area contributed by atoms with Crippen LogP contribution >= 0.6 is 11.6 Å². The molecule has 6 nitrogen and oxygen atoms in total. The molecule has 1 aromatic heterocycles. The summed E-state index contributed by atoms with van der Waals surface area (Å²) in [4.78, 5) is 24.6. The SMILES string of the molecule is CCCOc1nc2ccccc2nc1N1CCC[C@H](C(=O)NCc2ccccc2Cl)C1. The first-order chi connectivity index (χ1) is 15.2. The van der Waals surface area contributed by atoms with Crippen molar-refractivity contribution in [1.82, 2.24) is 15.3 Å². The molecule has 0 spiro atoms. The van der Waals surface area contributed by atoms with Gasteiger partial charge in [-0.15, -0.1) is 0 Å². The number of hydrogen-bond donors (Lipinski definition) is 1. The highest BCUT2D eigenvalue weighted by Gasteiger charge is 2.29. The quantitative estimate of drug-likeness (QED) is 0.583. The zero-order chi connectivity index (χ0) is 21.6. The van der Waals surface area contributed by atoms with Crippen molar-refractivity contribution in [2.24, 2.45) is 5.92 Å². The van der Waals surface area contributed by atoms with Crippen LogP contribution < -0.4 is 15.0 Å². The number of benzene rings is 2. The van der Waals surface area contributed by atoms with E-state index in [0.717, 1.165) is 48.2 Å². The second-order valence-electron chi connectivity index (χ2n) is 7.78. The van der Waals surface area contributed by atoms with Gasteiger partial charge in [0.05, 0.1) is 23.6 Å². The van der Waals surface area contributed by atoms with Gasteiger partial charge in [0.15, 0.2) is 5.82 Å². The number of hydrogen-bond acceptors (Lipinski definition) is 5. The van der Waals surface area contributed by atoms with Crippen LogP contribution in [0.3, 0.4) is 0 Å². The van der Waals surface area contributed by atoms with Gasteiger partial charge < -0.3 is 15.0 Å². The highest BCUT2D eigenvalue weighted by Crippen LogP contribution is 2.31. The molecule has 0 radical (unpaired) electrons. The molecule has 1 saturated heterocycles. The summed E-state index contributed by atoms with van der Waals surface area (Å²) in [6.45, 7) is 4.48. The Kier molecular flexibility index (Phi) is 6.87. The summed E-state index contributed by atoms with van der Waals surface area (Å²) in [5.74, 6) is 1.17. The van der Waals surface area contributed by atoms with E-state index in [-0.39, 0.29) is 11.8 Å². The third-order valence-electron chi connectivity index (χ3n) is 5.47. The van der Waals surface area contributed by atoms with Crippen molar-refractivity contribution in [3.63, 3.8) is 0 Å². The van der Waals surface area contributed by atoms with Crippen molar-refractivity contribution in [2.45, 2.75) is 32.7 Å². The number of ether oxygens (including phenoxy) is 1. The third-order valence-corrected chi connectivity index (χ3v) is 5.84. The monoisotopic (exact) mass is 438 g/mol. The lowest BCUT2D eigenvalue weighted by molar-refractivity contribution is -0.125. The first-order valence-electron chi connectivity index (χ1n) is 10.8. The Balaban J connectivity index is 1.50. The maximum atomic E-state index is 12.9. The Bertz CT molecular complexity index is 1060. The molecule has 0 unspecified atom stereocenters. The van der Waals surface area contributed by atoms with Crippen LogP contribution in [0.4, 0.5) is 5.82 Å². The van der Waals surface area contributed by atoms with E-state index in [0.29, 0.717) is 30.6 Å². The fraction of sp³-hybridized carbons (Fsp3) is 0.375. The fourth-order valence-corrected chi connectivity index (χ4v) is 4.03. The summed E-state index contributed by atoms with van der Waals surface area (Å²) in [7, 11) is 0. The van der Waals surface area contributed by atoms with E-state index in [1.54, 1.807) is 0 Å². The summed E-state index contributed by atoms with van der Waals surface area (Å²) < 4.78 is 5.93. The second-order valence-corrected chi connectivity index (χ2v) is 8.19. The van der Waals surface area contributed by atoms with Crippen LogP contribution in [0.15, 0.2) is 48.5 Å². The second kappa shape index (κ2) is 9.96. The Morgan fingerprint density at radius 1 is 1.16 bits per heavy atom. The van der Waals surface area contributed by atoms with Gasteiger partial charge in [-0.2, -0.15) is 0 Å². The fourth-order valence-electron chi connectivity index (χ4n) is 3.83. The van der Waals surface area contributed by atoms with Gasteiger partial charge in [0.1, 0.15) is 0 Å². The molecule has 0 bridgehead atoms. The predicted molar refractivity (Wildman–Crippen MR) is 124 cm³/mol. The molecule has 1 aliphatic heterocycles. The average molecular weight is 439 g/mol. The number of halogens is 1. The number of nitrogens with zero attached hydrogens (tertiary/aromatic N) is 3. The highest BCUT2D eigenvalue weighted by atomic mass is 35.5. The van der Waals surface area contributed by atoms with Crippen molar-refractivity contribution in [1.29, 1.82) is 0 Å². The average Bonchev–Trinajstić information content (AvgIpc) is 2.81. The third kappa shape index (κ3) is 5.07. The van der Waals surface area contributed by atoms with E-state index in [1.807, 2.05) is 48.5 Å². The minimum atomic E-state index is -0.122. The smallest absolute Gasteiger partial charge is 0.258 e. The molecule has 2 aromatic carbocycles. The number of anilines is 1. The van der Waals surface area contributed by atoms with E-state index >= 15 is 0 Å². The summed E-state index contributed by atoms with van der Waals surface area (Å²) >= 11 is 6.21. The number of carbonyl (C=O) groups is 1. The molecule has 162 valence electrons. The molecule has 2 heterocycles. The number of amides is 1. The molecular weight excluding hydrogens is 412 g/mol. The maximum absolute atomic E-state index is 12.9. The maximum Gasteiger partial charge on any atom is 0.258 e. The van der Waals surface area contributed by atoms with Crippen molar-refractivity contribution in [3.05, 3.63) is 59.1 Å². The van der Waals surface area contributed by atoms with E-state index in [2.05, 4.69) is 17.1 Å². The van der Waals surface area contributed by atoms with Crippen LogP contribution in [-0.2, 0) is 11.3 Å². The van der Waals surface area contributed by atoms with Gasteiger partial charge in [0, 0.05) is 24.7 Å². The van der Waals surface area contributed by atoms with Gasteiger partial charge in [-0.05, 0) is 43.0 Å². The molecule has 1 atom stereocenters. The van der Waals surface area contributed by atoms with Crippen LogP contribution in [0.1, 0.15) is 31.7 Å². The Labute approximate surface area is 187 Å². The van der Waals surface area contributed by atoms with Gasteiger partial charge in [0.2, 0.25) is 5.91 Å². The standard InChI is InChI=1S/C24H27ClN4O2/c1-2-14-31-24-22(27-20-11-5-6-12-21(20)28-24)29-13-7-9-18(16-29)23(30)26-15-17-8-3-4-10-19(17)25/h3-6,8,10-12,18H,2,7,9,13-16H2,1H3,(H,26,30)/t18-/m0/s1. The number of piperidine rings is 1. The first kappa shape index (κ1) is 21.4. The molecule has 1 aliphatic rings. The molecule has 1 fully saturated rings. The van der Waals surface area contributed by atoms with Crippen molar-refractivity contribution >= 4 is 34.4 Å². The van der Waals surface area contributed by atoms with E-state index < -0.39 is 0 Å². The molecule has 0 saturated carbocycles. The summed E-state index contributed by atoms with van der Waals surface area (Å²) in [6, 6.07) is 15.4. The molecule has 1 N–H and O–H groups in total. The summed E-state index contributed by atoms with van der Waals surface area (Å²) in [5, 5.41) is 3.71. The van der Waals surface area contributed by atoms with Crippen molar-refractivity contribution < 1.29 is 9.53 Å². The topological polar surface area (TPSA) is 67.4 Å². The molecule has 3 aromatic rings. The molecular formula is C24H27ClN4O2. The molecule has 7 heteroatoms. The summed E-state index contributed by atoms with van der Waals surface area (Å²) in [5.41, 5.74) is 2.55. The van der Waals surface area contributed by atoms with Crippen LogP contribution in [0.25, 0.3) is 11.0 Å².